The molecule has 0 bridgehead atoms. The van der Waals surface area contributed by atoms with Gasteiger partial charge in [-0.15, -0.1) is 11.3 Å². The Hall–Kier alpha value is -2.38. The van der Waals surface area contributed by atoms with Crippen molar-refractivity contribution < 1.29 is 45.0 Å². The van der Waals surface area contributed by atoms with Crippen molar-refractivity contribution in [2.45, 2.75) is 114 Å². The fourth-order valence-corrected chi connectivity index (χ4v) is 6.32. The van der Waals surface area contributed by atoms with E-state index in [0.717, 1.165) is 67.5 Å². The summed E-state index contributed by atoms with van der Waals surface area (Å²) < 4.78 is 5.15. The Morgan fingerprint density at radius 1 is 0.977 bits per heavy atom. The molecular formula is C32H47NO9S. The van der Waals surface area contributed by atoms with E-state index in [1.54, 1.807) is 6.07 Å². The molecule has 3 rings (SSSR count). The summed E-state index contributed by atoms with van der Waals surface area (Å²) in [6.07, 6.45) is 1.69. The second-order valence-corrected chi connectivity index (χ2v) is 12.6. The van der Waals surface area contributed by atoms with Gasteiger partial charge in [0.2, 0.25) is 5.91 Å². The van der Waals surface area contributed by atoms with Crippen molar-refractivity contribution in [2.24, 2.45) is 0 Å². The molecule has 1 aliphatic rings. The number of ether oxygens (including phenoxy) is 1. The Kier molecular flexibility index (Phi) is 14.5. The molecular weight excluding hydrogens is 574 g/mol. The van der Waals surface area contributed by atoms with Crippen molar-refractivity contribution in [1.29, 1.82) is 0 Å². The summed E-state index contributed by atoms with van der Waals surface area (Å²) in [7, 11) is 0. The number of amides is 1. The normalized spacial score (nSPS) is 18.8. The molecule has 6 N–H and O–H groups in total. The van der Waals surface area contributed by atoms with Crippen molar-refractivity contribution in [1.82, 2.24) is 0 Å². The molecule has 1 amide bonds. The average molecular weight is 622 g/mol. The SMILES string of the molecule is CCCCC[C@H](O)c1ccc(N2C(=O)CC[C@@H]2CCCc2ccc(C(=O)OC[C@@H](O)[C@H](O)C[C@@H](O)C[C@@H](O)CO)s2)cc1. The van der Waals surface area contributed by atoms with Crippen LogP contribution < -0.4 is 4.90 Å². The van der Waals surface area contributed by atoms with Crippen LogP contribution in [-0.2, 0) is 16.0 Å². The second kappa shape index (κ2) is 17.8. The van der Waals surface area contributed by atoms with Gasteiger partial charge in [0, 0.05) is 35.9 Å². The average Bonchev–Trinajstić information content (AvgIpc) is 3.62. The third kappa shape index (κ3) is 10.9. The number of rotatable bonds is 19. The lowest BCUT2D eigenvalue weighted by Gasteiger charge is -2.25. The molecule has 2 heterocycles. The fourth-order valence-electron chi connectivity index (χ4n) is 5.38. The first-order chi connectivity index (χ1) is 20.6. The number of carbonyl (C=O) groups is 2. The molecule has 2 aromatic rings. The van der Waals surface area contributed by atoms with E-state index < -0.39 is 49.7 Å². The number of carbonyl (C=O) groups excluding carboxylic acids is 2. The lowest BCUT2D eigenvalue weighted by atomic mass is 10.0. The minimum Gasteiger partial charge on any atom is -0.459 e. The van der Waals surface area contributed by atoms with Gasteiger partial charge in [-0.1, -0.05) is 38.3 Å². The summed E-state index contributed by atoms with van der Waals surface area (Å²) in [4.78, 5) is 28.4. The highest BCUT2D eigenvalue weighted by molar-refractivity contribution is 7.13. The first-order valence-corrected chi connectivity index (χ1v) is 16.1. The summed E-state index contributed by atoms with van der Waals surface area (Å²) in [6, 6.07) is 11.3. The first kappa shape index (κ1) is 35.1. The van der Waals surface area contributed by atoms with Crippen LogP contribution in [0.2, 0.25) is 0 Å². The maximum atomic E-state index is 12.7. The van der Waals surface area contributed by atoms with Gasteiger partial charge in [-0.2, -0.15) is 0 Å². The van der Waals surface area contributed by atoms with Crippen molar-refractivity contribution in [3.63, 3.8) is 0 Å². The van der Waals surface area contributed by atoms with Crippen LogP contribution in [0.25, 0.3) is 0 Å². The molecule has 0 saturated carbocycles. The van der Waals surface area contributed by atoms with Crippen LogP contribution in [0.4, 0.5) is 5.69 Å². The molecule has 1 aromatic carbocycles. The number of anilines is 1. The molecule has 1 fully saturated rings. The van der Waals surface area contributed by atoms with Crippen molar-refractivity contribution in [2.75, 3.05) is 18.1 Å². The highest BCUT2D eigenvalue weighted by atomic mass is 32.1. The van der Waals surface area contributed by atoms with Gasteiger partial charge in [0.25, 0.3) is 0 Å². The number of benzene rings is 1. The molecule has 10 nitrogen and oxygen atoms in total. The summed E-state index contributed by atoms with van der Waals surface area (Å²) in [5.74, 6) is -0.516. The maximum Gasteiger partial charge on any atom is 0.348 e. The van der Waals surface area contributed by atoms with E-state index in [9.17, 15) is 35.1 Å². The van der Waals surface area contributed by atoms with E-state index in [-0.39, 0.29) is 24.8 Å². The van der Waals surface area contributed by atoms with E-state index in [1.165, 1.54) is 11.3 Å². The van der Waals surface area contributed by atoms with Crippen LogP contribution in [0.5, 0.6) is 0 Å². The van der Waals surface area contributed by atoms with Crippen LogP contribution in [0.3, 0.4) is 0 Å². The van der Waals surface area contributed by atoms with Crippen molar-refractivity contribution in [3.8, 4) is 0 Å². The van der Waals surface area contributed by atoms with Crippen LogP contribution in [0.15, 0.2) is 36.4 Å². The zero-order valence-electron chi connectivity index (χ0n) is 24.9. The van der Waals surface area contributed by atoms with E-state index in [1.807, 2.05) is 35.2 Å². The quantitative estimate of drug-likeness (QED) is 0.102. The molecule has 1 saturated heterocycles. The first-order valence-electron chi connectivity index (χ1n) is 15.3. The molecule has 11 heteroatoms. The predicted octanol–water partition coefficient (Wildman–Crippen LogP) is 3.25. The Morgan fingerprint density at radius 3 is 2.42 bits per heavy atom. The molecule has 0 aliphatic carbocycles. The monoisotopic (exact) mass is 621 g/mol. The third-order valence-corrected chi connectivity index (χ3v) is 9.01. The zero-order valence-corrected chi connectivity index (χ0v) is 25.7. The fraction of sp³-hybridized carbons (Fsp3) is 0.625. The van der Waals surface area contributed by atoms with Gasteiger partial charge < -0.3 is 40.3 Å². The van der Waals surface area contributed by atoms with E-state index in [0.29, 0.717) is 11.3 Å². The Morgan fingerprint density at radius 2 is 1.72 bits per heavy atom. The van der Waals surface area contributed by atoms with Gasteiger partial charge in [0.1, 0.15) is 17.6 Å². The Balaban J connectivity index is 1.44. The van der Waals surface area contributed by atoms with Crippen LogP contribution >= 0.6 is 11.3 Å². The maximum absolute atomic E-state index is 12.7. The number of aliphatic hydroxyl groups is 6. The third-order valence-electron chi connectivity index (χ3n) is 7.88. The molecule has 1 aliphatic heterocycles. The molecule has 0 unspecified atom stereocenters. The highest BCUT2D eigenvalue weighted by Gasteiger charge is 2.32. The summed E-state index contributed by atoms with van der Waals surface area (Å²) in [5, 5.41) is 58.6. The zero-order chi connectivity index (χ0) is 31.4. The molecule has 240 valence electrons. The standard InChI is InChI=1S/C32H47NO9S/c1-2-3-4-8-27(37)21-9-11-23(12-10-21)33-22(13-16-31(33)40)6-5-7-26-14-15-30(43-26)32(41)42-20-29(39)28(38)18-24(35)17-25(36)19-34/h9-12,14-15,22,24-25,27-29,34-39H,2-8,13,16-20H2,1H3/t22-,24-,25+,27-,28+,29+/m0/s1. The molecule has 43 heavy (non-hydrogen) atoms. The van der Waals surface area contributed by atoms with Gasteiger partial charge >= 0.3 is 5.97 Å². The van der Waals surface area contributed by atoms with Crippen LogP contribution in [0, 0.1) is 0 Å². The predicted molar refractivity (Wildman–Crippen MR) is 164 cm³/mol. The van der Waals surface area contributed by atoms with Gasteiger partial charge in [-0.05, 0) is 61.9 Å². The van der Waals surface area contributed by atoms with Crippen molar-refractivity contribution >= 4 is 28.9 Å². The highest BCUT2D eigenvalue weighted by Crippen LogP contribution is 2.31. The van der Waals surface area contributed by atoms with Gasteiger partial charge in [0.05, 0.1) is 31.0 Å². The minimum absolute atomic E-state index is 0.0931. The van der Waals surface area contributed by atoms with E-state index in [4.69, 9.17) is 9.84 Å². The smallest absolute Gasteiger partial charge is 0.348 e. The number of esters is 1. The topological polar surface area (TPSA) is 168 Å². The number of hydrogen-bond acceptors (Lipinski definition) is 10. The van der Waals surface area contributed by atoms with E-state index in [2.05, 4.69) is 6.92 Å². The minimum atomic E-state index is -1.41. The molecule has 1 aromatic heterocycles. The summed E-state index contributed by atoms with van der Waals surface area (Å²) in [6.45, 7) is 1.16. The number of aliphatic hydroxyl groups excluding tert-OH is 6. The molecule has 0 radical (unpaired) electrons. The summed E-state index contributed by atoms with van der Waals surface area (Å²) >= 11 is 1.30. The van der Waals surface area contributed by atoms with Crippen LogP contribution in [0.1, 0.15) is 97.3 Å². The number of hydrogen-bond donors (Lipinski definition) is 6. The van der Waals surface area contributed by atoms with Gasteiger partial charge in [-0.3, -0.25) is 4.79 Å². The van der Waals surface area contributed by atoms with E-state index >= 15 is 0 Å². The number of unbranched alkanes of at least 4 members (excludes halogenated alkanes) is 2. The lowest BCUT2D eigenvalue weighted by molar-refractivity contribution is -0.117. The van der Waals surface area contributed by atoms with Crippen molar-refractivity contribution in [3.05, 3.63) is 51.7 Å². The molecule has 0 spiro atoms. The largest absolute Gasteiger partial charge is 0.459 e. The Labute approximate surface area is 257 Å². The number of nitrogens with zero attached hydrogens (tertiary/aromatic N) is 1. The van der Waals surface area contributed by atoms with Crippen LogP contribution in [-0.4, -0.2) is 86.2 Å². The van der Waals surface area contributed by atoms with Gasteiger partial charge in [-0.25, -0.2) is 4.79 Å². The lowest BCUT2D eigenvalue weighted by Crippen LogP contribution is -2.35. The van der Waals surface area contributed by atoms with Gasteiger partial charge in [0.15, 0.2) is 0 Å². The number of aryl methyl sites for hydroxylation is 1. The Bertz CT molecular complexity index is 1120. The number of thiophene rings is 1. The second-order valence-electron chi connectivity index (χ2n) is 11.4. The summed E-state index contributed by atoms with van der Waals surface area (Å²) in [5.41, 5.74) is 1.72. The molecule has 6 atom stereocenters.